The van der Waals surface area contributed by atoms with Gasteiger partial charge in [0.25, 0.3) is 5.91 Å². The number of amides is 2. The van der Waals surface area contributed by atoms with Gasteiger partial charge in [0, 0.05) is 22.4 Å². The molecule has 6 nitrogen and oxygen atoms in total. The van der Waals surface area contributed by atoms with Crippen LogP contribution >= 0.6 is 0 Å². The van der Waals surface area contributed by atoms with Gasteiger partial charge >= 0.3 is 5.97 Å². The standard InChI is InChI=1S/C20H22N2O4/c1-12-5-10-15(11-16(12)22-19(26)20(2,3)4)21-17(23)13-6-8-14(9-7-13)18(24)25/h5-11H,1-4H3,(H,21,23)(H,22,26)(H,24,25). The first-order valence-corrected chi connectivity index (χ1v) is 8.15. The molecule has 0 aliphatic carbocycles. The Morgan fingerprint density at radius 3 is 2.00 bits per heavy atom. The van der Waals surface area contributed by atoms with Crippen LogP contribution in [0, 0.1) is 12.3 Å². The molecule has 6 heteroatoms. The second-order valence-corrected chi connectivity index (χ2v) is 7.07. The van der Waals surface area contributed by atoms with E-state index in [1.165, 1.54) is 24.3 Å². The van der Waals surface area contributed by atoms with Crippen molar-refractivity contribution in [2.45, 2.75) is 27.7 Å². The van der Waals surface area contributed by atoms with Gasteiger partial charge in [0.2, 0.25) is 5.91 Å². The van der Waals surface area contributed by atoms with Crippen LogP contribution in [-0.2, 0) is 4.79 Å². The van der Waals surface area contributed by atoms with Crippen molar-refractivity contribution in [3.8, 4) is 0 Å². The van der Waals surface area contributed by atoms with Crippen LogP contribution in [0.3, 0.4) is 0 Å². The maximum atomic E-state index is 12.3. The van der Waals surface area contributed by atoms with Crippen molar-refractivity contribution in [2.75, 3.05) is 10.6 Å². The zero-order chi connectivity index (χ0) is 19.5. The summed E-state index contributed by atoms with van der Waals surface area (Å²) in [5.74, 6) is -1.53. The minimum Gasteiger partial charge on any atom is -0.478 e. The molecule has 0 saturated heterocycles. The van der Waals surface area contributed by atoms with Crippen molar-refractivity contribution in [3.63, 3.8) is 0 Å². The number of aromatic carboxylic acids is 1. The molecule has 26 heavy (non-hydrogen) atoms. The highest BCUT2D eigenvalue weighted by Gasteiger charge is 2.21. The van der Waals surface area contributed by atoms with E-state index in [9.17, 15) is 14.4 Å². The molecule has 2 amide bonds. The maximum Gasteiger partial charge on any atom is 0.335 e. The Labute approximate surface area is 152 Å². The monoisotopic (exact) mass is 354 g/mol. The summed E-state index contributed by atoms with van der Waals surface area (Å²) in [5, 5.41) is 14.5. The van der Waals surface area contributed by atoms with Crippen LogP contribution in [0.4, 0.5) is 11.4 Å². The number of benzene rings is 2. The van der Waals surface area contributed by atoms with E-state index in [1.54, 1.807) is 18.2 Å². The normalized spacial score (nSPS) is 10.9. The number of hydrogen-bond donors (Lipinski definition) is 3. The van der Waals surface area contributed by atoms with Crippen molar-refractivity contribution in [1.82, 2.24) is 0 Å². The molecule has 2 rings (SSSR count). The summed E-state index contributed by atoms with van der Waals surface area (Å²) in [7, 11) is 0. The number of carboxylic acid groups (broad SMARTS) is 1. The van der Waals surface area contributed by atoms with Crippen LogP contribution in [-0.4, -0.2) is 22.9 Å². The second kappa shape index (κ2) is 7.39. The number of carbonyl (C=O) groups excluding carboxylic acids is 2. The molecule has 0 atom stereocenters. The molecule has 0 aliphatic heterocycles. The maximum absolute atomic E-state index is 12.3. The molecule has 0 fully saturated rings. The number of aryl methyl sites for hydroxylation is 1. The second-order valence-electron chi connectivity index (χ2n) is 7.07. The number of rotatable bonds is 4. The highest BCUT2D eigenvalue weighted by atomic mass is 16.4. The molecule has 0 unspecified atom stereocenters. The third-order valence-electron chi connectivity index (χ3n) is 3.82. The molecule has 0 heterocycles. The van der Waals surface area contributed by atoms with Crippen LogP contribution in [0.5, 0.6) is 0 Å². The average Bonchev–Trinajstić information content (AvgIpc) is 2.57. The van der Waals surface area contributed by atoms with Crippen LogP contribution in [0.1, 0.15) is 47.1 Å². The number of anilines is 2. The van der Waals surface area contributed by atoms with E-state index in [0.29, 0.717) is 16.9 Å². The fourth-order valence-electron chi connectivity index (χ4n) is 2.11. The van der Waals surface area contributed by atoms with Crippen molar-refractivity contribution in [1.29, 1.82) is 0 Å². The zero-order valence-corrected chi connectivity index (χ0v) is 15.2. The number of hydrogen-bond acceptors (Lipinski definition) is 3. The lowest BCUT2D eigenvalue weighted by Gasteiger charge is -2.19. The third kappa shape index (κ3) is 4.69. The molecule has 136 valence electrons. The quantitative estimate of drug-likeness (QED) is 0.775. The molecular formula is C20H22N2O4. The molecule has 3 N–H and O–H groups in total. The minimum absolute atomic E-state index is 0.115. The Balaban J connectivity index is 2.16. The van der Waals surface area contributed by atoms with Gasteiger partial charge < -0.3 is 15.7 Å². The van der Waals surface area contributed by atoms with Gasteiger partial charge in [0.05, 0.1) is 5.56 Å². The molecule has 2 aromatic carbocycles. The average molecular weight is 354 g/mol. The first kappa shape index (κ1) is 19.2. The fraction of sp³-hybridized carbons (Fsp3) is 0.250. The zero-order valence-electron chi connectivity index (χ0n) is 15.2. The van der Waals surface area contributed by atoms with E-state index in [4.69, 9.17) is 5.11 Å². The third-order valence-corrected chi connectivity index (χ3v) is 3.82. The SMILES string of the molecule is Cc1ccc(NC(=O)c2ccc(C(=O)O)cc2)cc1NC(=O)C(C)(C)C. The molecule has 0 radical (unpaired) electrons. The number of nitrogens with one attached hydrogen (secondary N) is 2. The Kier molecular flexibility index (Phi) is 5.45. The van der Waals surface area contributed by atoms with Gasteiger partial charge in [-0.2, -0.15) is 0 Å². The van der Waals surface area contributed by atoms with Gasteiger partial charge in [0.15, 0.2) is 0 Å². The molecule has 0 spiro atoms. The Morgan fingerprint density at radius 1 is 0.885 bits per heavy atom. The Hall–Kier alpha value is -3.15. The lowest BCUT2D eigenvalue weighted by molar-refractivity contribution is -0.123. The molecule has 0 aromatic heterocycles. The number of carboxylic acids is 1. The van der Waals surface area contributed by atoms with Gasteiger partial charge in [-0.25, -0.2) is 4.79 Å². The van der Waals surface area contributed by atoms with E-state index in [-0.39, 0.29) is 17.4 Å². The summed E-state index contributed by atoms with van der Waals surface area (Å²) in [6.45, 7) is 7.34. The highest BCUT2D eigenvalue weighted by molar-refractivity contribution is 6.05. The number of carbonyl (C=O) groups is 3. The predicted molar refractivity (Wildman–Crippen MR) is 101 cm³/mol. The van der Waals surface area contributed by atoms with Crippen molar-refractivity contribution >= 4 is 29.2 Å². The van der Waals surface area contributed by atoms with Crippen LogP contribution in [0.2, 0.25) is 0 Å². The van der Waals surface area contributed by atoms with Gasteiger partial charge in [-0.3, -0.25) is 9.59 Å². The van der Waals surface area contributed by atoms with E-state index in [0.717, 1.165) is 5.56 Å². The molecular weight excluding hydrogens is 332 g/mol. The lowest BCUT2D eigenvalue weighted by Crippen LogP contribution is -2.28. The predicted octanol–water partition coefficient (Wildman–Crippen LogP) is 3.93. The summed E-state index contributed by atoms with van der Waals surface area (Å²) in [6.07, 6.45) is 0. The van der Waals surface area contributed by atoms with E-state index in [2.05, 4.69) is 10.6 Å². The Bertz CT molecular complexity index is 849. The summed E-state index contributed by atoms with van der Waals surface area (Å²) >= 11 is 0. The lowest BCUT2D eigenvalue weighted by atomic mass is 9.95. The van der Waals surface area contributed by atoms with Crippen LogP contribution in [0.25, 0.3) is 0 Å². The summed E-state index contributed by atoms with van der Waals surface area (Å²) in [6, 6.07) is 10.9. The topological polar surface area (TPSA) is 95.5 Å². The van der Waals surface area contributed by atoms with Gasteiger partial charge in [-0.1, -0.05) is 26.8 Å². The largest absolute Gasteiger partial charge is 0.478 e. The van der Waals surface area contributed by atoms with E-state index >= 15 is 0 Å². The van der Waals surface area contributed by atoms with Crippen LogP contribution in [0.15, 0.2) is 42.5 Å². The fourth-order valence-corrected chi connectivity index (χ4v) is 2.11. The molecule has 0 aliphatic rings. The summed E-state index contributed by atoms with van der Waals surface area (Å²) in [4.78, 5) is 35.4. The minimum atomic E-state index is -1.05. The first-order valence-electron chi connectivity index (χ1n) is 8.15. The first-order chi connectivity index (χ1) is 12.1. The molecule has 2 aromatic rings. The van der Waals surface area contributed by atoms with Gasteiger partial charge in [-0.15, -0.1) is 0 Å². The summed E-state index contributed by atoms with van der Waals surface area (Å²) < 4.78 is 0. The molecule has 0 bridgehead atoms. The van der Waals surface area contributed by atoms with Gasteiger partial charge in [-0.05, 0) is 48.9 Å². The highest BCUT2D eigenvalue weighted by Crippen LogP contribution is 2.24. The van der Waals surface area contributed by atoms with Crippen molar-refractivity contribution in [2.24, 2.45) is 5.41 Å². The van der Waals surface area contributed by atoms with Crippen molar-refractivity contribution < 1.29 is 19.5 Å². The van der Waals surface area contributed by atoms with Crippen LogP contribution < -0.4 is 10.6 Å². The smallest absolute Gasteiger partial charge is 0.335 e. The Morgan fingerprint density at radius 2 is 1.46 bits per heavy atom. The van der Waals surface area contributed by atoms with E-state index < -0.39 is 11.4 Å². The van der Waals surface area contributed by atoms with E-state index in [1.807, 2.05) is 27.7 Å². The van der Waals surface area contributed by atoms with Crippen molar-refractivity contribution in [3.05, 3.63) is 59.2 Å². The molecule has 0 saturated carbocycles. The summed E-state index contributed by atoms with van der Waals surface area (Å²) in [5.41, 5.74) is 1.97. The van der Waals surface area contributed by atoms with Gasteiger partial charge in [0.1, 0.15) is 0 Å².